The summed E-state index contributed by atoms with van der Waals surface area (Å²) in [5.41, 5.74) is 1.09. The molecule has 6 heteroatoms. The van der Waals surface area contributed by atoms with E-state index in [-0.39, 0.29) is 24.1 Å². The molecule has 1 N–H and O–H groups in total. The van der Waals surface area contributed by atoms with Gasteiger partial charge in [0.05, 0.1) is 11.7 Å². The van der Waals surface area contributed by atoms with E-state index in [0.29, 0.717) is 5.92 Å². The van der Waals surface area contributed by atoms with Gasteiger partial charge in [-0.2, -0.15) is 0 Å². The highest BCUT2D eigenvalue weighted by atomic mass is 32.1. The number of carbonyl (C=O) groups excluding carboxylic acids is 1. The van der Waals surface area contributed by atoms with Gasteiger partial charge in [-0.3, -0.25) is 14.2 Å². The van der Waals surface area contributed by atoms with E-state index in [1.165, 1.54) is 21.3 Å². The maximum atomic E-state index is 12.9. The lowest BCUT2D eigenvalue weighted by Gasteiger charge is -2.17. The van der Waals surface area contributed by atoms with Crippen LogP contribution in [0, 0.1) is 5.92 Å². The number of thiophene rings is 1. The number of nitrogens with zero attached hydrogens (tertiary/aromatic N) is 2. The Morgan fingerprint density at radius 1 is 1.46 bits per heavy atom. The van der Waals surface area contributed by atoms with E-state index in [0.717, 1.165) is 42.3 Å². The van der Waals surface area contributed by atoms with Gasteiger partial charge in [-0.1, -0.05) is 20.8 Å². The highest BCUT2D eigenvalue weighted by Gasteiger charge is 2.23. The SMILES string of the molecule is CCC(CC)NC(=O)Cn1cnc2sc3c(c2c1=O)CC[C@@H](C)C3. The van der Waals surface area contributed by atoms with Gasteiger partial charge < -0.3 is 5.32 Å². The maximum absolute atomic E-state index is 12.9. The van der Waals surface area contributed by atoms with Crippen molar-refractivity contribution < 1.29 is 4.79 Å². The first-order valence-corrected chi connectivity index (χ1v) is 9.64. The van der Waals surface area contributed by atoms with Gasteiger partial charge in [-0.05, 0) is 43.6 Å². The van der Waals surface area contributed by atoms with Crippen LogP contribution in [0.3, 0.4) is 0 Å². The van der Waals surface area contributed by atoms with E-state index in [4.69, 9.17) is 0 Å². The second kappa shape index (κ2) is 7.05. The molecule has 0 bridgehead atoms. The largest absolute Gasteiger partial charge is 0.352 e. The number of carbonyl (C=O) groups is 1. The van der Waals surface area contributed by atoms with Crippen molar-refractivity contribution in [2.45, 2.75) is 65.5 Å². The highest BCUT2D eigenvalue weighted by molar-refractivity contribution is 7.18. The molecule has 1 aliphatic rings. The summed E-state index contributed by atoms with van der Waals surface area (Å²) < 4.78 is 1.45. The minimum atomic E-state index is -0.121. The Morgan fingerprint density at radius 2 is 2.21 bits per heavy atom. The zero-order chi connectivity index (χ0) is 17.3. The van der Waals surface area contributed by atoms with Gasteiger partial charge in [0.1, 0.15) is 11.4 Å². The number of rotatable bonds is 5. The third-order valence-corrected chi connectivity index (χ3v) is 6.11. The number of hydrogen-bond acceptors (Lipinski definition) is 4. The van der Waals surface area contributed by atoms with Crippen LogP contribution in [-0.2, 0) is 24.2 Å². The molecule has 0 fully saturated rings. The summed E-state index contributed by atoms with van der Waals surface area (Å²) >= 11 is 1.64. The van der Waals surface area contributed by atoms with Crippen LogP contribution in [0.25, 0.3) is 10.2 Å². The molecule has 1 amide bonds. The molecule has 0 radical (unpaired) electrons. The molecule has 1 aliphatic carbocycles. The highest BCUT2D eigenvalue weighted by Crippen LogP contribution is 2.35. The van der Waals surface area contributed by atoms with Crippen LogP contribution < -0.4 is 10.9 Å². The fourth-order valence-electron chi connectivity index (χ4n) is 3.40. The Balaban J connectivity index is 1.89. The predicted molar refractivity (Wildman–Crippen MR) is 97.6 cm³/mol. The smallest absolute Gasteiger partial charge is 0.262 e. The Morgan fingerprint density at radius 3 is 2.92 bits per heavy atom. The van der Waals surface area contributed by atoms with Crippen molar-refractivity contribution in [1.29, 1.82) is 0 Å². The molecule has 0 saturated carbocycles. The molecule has 3 rings (SSSR count). The average Bonchev–Trinajstić information content (AvgIpc) is 2.93. The summed E-state index contributed by atoms with van der Waals surface area (Å²) in [4.78, 5) is 31.6. The van der Waals surface area contributed by atoms with Crippen LogP contribution >= 0.6 is 11.3 Å². The van der Waals surface area contributed by atoms with E-state index < -0.39 is 0 Å². The molecule has 2 aromatic heterocycles. The number of hydrogen-bond donors (Lipinski definition) is 1. The fourth-order valence-corrected chi connectivity index (χ4v) is 4.74. The van der Waals surface area contributed by atoms with Crippen molar-refractivity contribution in [3.05, 3.63) is 27.1 Å². The summed E-state index contributed by atoms with van der Waals surface area (Å²) in [6, 6.07) is 0.167. The molecule has 0 saturated heterocycles. The van der Waals surface area contributed by atoms with Crippen molar-refractivity contribution >= 4 is 27.5 Å². The zero-order valence-corrected chi connectivity index (χ0v) is 15.4. The Hall–Kier alpha value is -1.69. The van der Waals surface area contributed by atoms with E-state index in [1.807, 2.05) is 13.8 Å². The molecule has 0 aliphatic heterocycles. The van der Waals surface area contributed by atoms with Gasteiger partial charge in [0, 0.05) is 10.9 Å². The molecular formula is C18H25N3O2S. The minimum Gasteiger partial charge on any atom is -0.352 e. The van der Waals surface area contributed by atoms with Crippen LogP contribution in [0.1, 0.15) is 50.5 Å². The lowest BCUT2D eigenvalue weighted by Crippen LogP contribution is -2.38. The van der Waals surface area contributed by atoms with Crippen molar-refractivity contribution in [2.75, 3.05) is 0 Å². The van der Waals surface area contributed by atoms with Gasteiger partial charge in [0.15, 0.2) is 0 Å². The minimum absolute atomic E-state index is 0.0410. The fraction of sp³-hybridized carbons (Fsp3) is 0.611. The molecular weight excluding hydrogens is 322 g/mol. The van der Waals surface area contributed by atoms with Crippen molar-refractivity contribution in [3.8, 4) is 0 Å². The molecule has 1 atom stereocenters. The molecule has 24 heavy (non-hydrogen) atoms. The first-order valence-electron chi connectivity index (χ1n) is 8.82. The second-order valence-corrected chi connectivity index (χ2v) is 7.87. The molecule has 5 nitrogen and oxygen atoms in total. The van der Waals surface area contributed by atoms with Crippen LogP contribution in [-0.4, -0.2) is 21.5 Å². The van der Waals surface area contributed by atoms with Crippen LogP contribution in [0.15, 0.2) is 11.1 Å². The monoisotopic (exact) mass is 347 g/mol. The van der Waals surface area contributed by atoms with Crippen LogP contribution in [0.4, 0.5) is 0 Å². The third kappa shape index (κ3) is 3.24. The van der Waals surface area contributed by atoms with E-state index >= 15 is 0 Å². The maximum Gasteiger partial charge on any atom is 0.262 e. The normalized spacial score (nSPS) is 17.2. The standard InChI is InChI=1S/C18H25N3O2S/c1-4-12(5-2)20-15(22)9-21-10-19-17-16(18(21)23)13-7-6-11(3)8-14(13)24-17/h10-12H,4-9H2,1-3H3,(H,20,22)/t11-/m1/s1. The van der Waals surface area contributed by atoms with Crippen LogP contribution in [0.5, 0.6) is 0 Å². The van der Waals surface area contributed by atoms with E-state index in [9.17, 15) is 9.59 Å². The molecule has 130 valence electrons. The molecule has 2 aromatic rings. The lowest BCUT2D eigenvalue weighted by molar-refractivity contribution is -0.122. The first-order chi connectivity index (χ1) is 11.5. The zero-order valence-electron chi connectivity index (χ0n) is 14.6. The van der Waals surface area contributed by atoms with Crippen molar-refractivity contribution in [2.24, 2.45) is 5.92 Å². The van der Waals surface area contributed by atoms with Gasteiger partial charge in [-0.15, -0.1) is 11.3 Å². The number of aromatic nitrogens is 2. The summed E-state index contributed by atoms with van der Waals surface area (Å²) in [6.45, 7) is 6.39. The van der Waals surface area contributed by atoms with Gasteiger partial charge in [0.2, 0.25) is 5.91 Å². The summed E-state index contributed by atoms with van der Waals surface area (Å²) in [5, 5.41) is 3.71. The van der Waals surface area contributed by atoms with Crippen LogP contribution in [0.2, 0.25) is 0 Å². The number of fused-ring (bicyclic) bond motifs is 3. The molecule has 0 aromatic carbocycles. The predicted octanol–water partition coefficient (Wildman–Crippen LogP) is 2.89. The average molecular weight is 347 g/mol. The number of amides is 1. The summed E-state index contributed by atoms with van der Waals surface area (Å²) in [7, 11) is 0. The van der Waals surface area contributed by atoms with Crippen molar-refractivity contribution in [1.82, 2.24) is 14.9 Å². The molecule has 2 heterocycles. The molecule has 0 unspecified atom stereocenters. The van der Waals surface area contributed by atoms with Gasteiger partial charge >= 0.3 is 0 Å². The second-order valence-electron chi connectivity index (χ2n) is 6.79. The number of aryl methyl sites for hydroxylation is 1. The lowest BCUT2D eigenvalue weighted by atomic mass is 9.89. The Bertz CT molecular complexity index is 804. The van der Waals surface area contributed by atoms with Gasteiger partial charge in [0.25, 0.3) is 5.56 Å². The topological polar surface area (TPSA) is 64.0 Å². The Kier molecular flexibility index (Phi) is 5.04. The first kappa shape index (κ1) is 17.1. The van der Waals surface area contributed by atoms with Gasteiger partial charge in [-0.25, -0.2) is 4.98 Å². The number of nitrogens with one attached hydrogen (secondary N) is 1. The van der Waals surface area contributed by atoms with E-state index in [1.54, 1.807) is 11.3 Å². The molecule has 0 spiro atoms. The third-order valence-electron chi connectivity index (χ3n) is 4.95. The summed E-state index contributed by atoms with van der Waals surface area (Å²) in [5.74, 6) is 0.545. The van der Waals surface area contributed by atoms with Crippen molar-refractivity contribution in [3.63, 3.8) is 0 Å². The quantitative estimate of drug-likeness (QED) is 0.904. The Labute approximate surface area is 146 Å². The van der Waals surface area contributed by atoms with E-state index in [2.05, 4.69) is 17.2 Å². The summed E-state index contributed by atoms with van der Waals surface area (Å²) in [6.07, 6.45) is 6.39.